The molecule has 6 nitrogen and oxygen atoms in total. The smallest absolute Gasteiger partial charge is 0.123 e. The van der Waals surface area contributed by atoms with Crippen LogP contribution in [0.4, 0.5) is 77.0 Å². The van der Waals surface area contributed by atoms with E-state index in [-0.39, 0.29) is 11.6 Å². The maximum absolute atomic E-state index is 14.5. The maximum Gasteiger partial charge on any atom is 0.123 e. The molecule has 14 aromatic carbocycles. The fraction of sp³-hybridized carbons (Fsp3) is 0.0345. The zero-order chi connectivity index (χ0) is 63.7. The van der Waals surface area contributed by atoms with Crippen molar-refractivity contribution in [3.63, 3.8) is 0 Å². The third-order valence-electron chi connectivity index (χ3n) is 18.9. The molecule has 0 spiro atoms. The lowest BCUT2D eigenvalue weighted by molar-refractivity contribution is 0.627. The van der Waals surface area contributed by atoms with Crippen LogP contribution in [-0.2, 0) is 5.41 Å². The normalized spacial score (nSPS) is 12.3. The third-order valence-corrected chi connectivity index (χ3v) is 18.9. The monoisotopic (exact) mass is 1230 g/mol. The van der Waals surface area contributed by atoms with E-state index in [9.17, 15) is 8.78 Å². The second kappa shape index (κ2) is 23.1. The second-order valence-electron chi connectivity index (χ2n) is 24.9. The number of rotatable bonds is 14. The average molecular weight is 1230 g/mol. The number of benzene rings is 14. The molecule has 0 saturated carbocycles. The van der Waals surface area contributed by atoms with E-state index in [0.717, 1.165) is 123 Å². The van der Waals surface area contributed by atoms with Crippen molar-refractivity contribution < 1.29 is 8.78 Å². The summed E-state index contributed by atoms with van der Waals surface area (Å²) in [5, 5.41) is 4.39. The van der Waals surface area contributed by atoms with E-state index in [4.69, 9.17) is 0 Å². The lowest BCUT2D eigenvalue weighted by Gasteiger charge is -2.30. The molecule has 0 aliphatic heterocycles. The van der Waals surface area contributed by atoms with Gasteiger partial charge in [0.1, 0.15) is 11.6 Å². The number of hydrogen-bond acceptors (Lipinski definition) is 4. The van der Waals surface area contributed by atoms with Crippen LogP contribution in [0.3, 0.4) is 0 Å². The van der Waals surface area contributed by atoms with E-state index in [1.54, 1.807) is 0 Å². The molecular formula is C87H62F2N6. The van der Waals surface area contributed by atoms with Crippen LogP contribution in [0.25, 0.3) is 66.1 Å². The zero-order valence-corrected chi connectivity index (χ0v) is 52.3. The van der Waals surface area contributed by atoms with Crippen molar-refractivity contribution in [1.29, 1.82) is 0 Å². The SMILES string of the molecule is CC1(C)c2cc(N(c3ccc(N(c4ccccc4)c4ccccc4)cc3)c3ccc4c(c3)c3ccccc3n4-c3ccc(F)cc3)ccc2-c2ccc(N(c3ccc(N(c4ccccc4)c4ccccc4)cc3)c3ccc4c(c3)c3ccccc3n4-c3ccc(F)cc3)cc21. The van der Waals surface area contributed by atoms with Crippen LogP contribution < -0.4 is 19.6 Å². The predicted octanol–water partition coefficient (Wildman–Crippen LogP) is 24.3. The predicted molar refractivity (Wildman–Crippen MR) is 391 cm³/mol. The minimum Gasteiger partial charge on any atom is -0.311 e. The maximum atomic E-state index is 14.5. The summed E-state index contributed by atoms with van der Waals surface area (Å²) >= 11 is 0. The summed E-state index contributed by atoms with van der Waals surface area (Å²) in [6.45, 7) is 4.72. The first-order chi connectivity index (χ1) is 46.7. The van der Waals surface area contributed by atoms with Crippen LogP contribution in [0.15, 0.2) is 340 Å². The van der Waals surface area contributed by atoms with Gasteiger partial charge in [0.25, 0.3) is 0 Å². The molecule has 0 fully saturated rings. The molecule has 0 N–H and O–H groups in total. The van der Waals surface area contributed by atoms with E-state index in [1.165, 1.54) is 46.5 Å². The minimum atomic E-state index is -0.446. The minimum absolute atomic E-state index is 0.270. The fourth-order valence-electron chi connectivity index (χ4n) is 14.5. The topological polar surface area (TPSA) is 22.8 Å². The second-order valence-corrected chi connectivity index (χ2v) is 24.9. The largest absolute Gasteiger partial charge is 0.311 e. The van der Waals surface area contributed by atoms with Gasteiger partial charge in [-0.25, -0.2) is 8.78 Å². The highest BCUT2D eigenvalue weighted by molar-refractivity contribution is 6.12. The van der Waals surface area contributed by atoms with E-state index in [2.05, 4.69) is 334 Å². The number of nitrogens with zero attached hydrogens (tertiary/aromatic N) is 6. The van der Waals surface area contributed by atoms with Gasteiger partial charge in [0.2, 0.25) is 0 Å². The number of halogens is 2. The van der Waals surface area contributed by atoms with E-state index < -0.39 is 5.41 Å². The summed E-state index contributed by atoms with van der Waals surface area (Å²) < 4.78 is 33.4. The van der Waals surface area contributed by atoms with Crippen molar-refractivity contribution in [2.24, 2.45) is 0 Å². The fourth-order valence-corrected chi connectivity index (χ4v) is 14.5. The van der Waals surface area contributed by atoms with Crippen molar-refractivity contribution in [3.05, 3.63) is 362 Å². The third kappa shape index (κ3) is 9.85. The number of para-hydroxylation sites is 6. The van der Waals surface area contributed by atoms with Crippen molar-refractivity contribution in [3.8, 4) is 22.5 Å². The molecule has 454 valence electrons. The van der Waals surface area contributed by atoms with Crippen molar-refractivity contribution in [2.75, 3.05) is 19.6 Å². The van der Waals surface area contributed by atoms with Crippen LogP contribution >= 0.6 is 0 Å². The average Bonchev–Trinajstić information content (AvgIpc) is 1.65. The first kappa shape index (κ1) is 56.7. The van der Waals surface area contributed by atoms with Gasteiger partial charge in [0.05, 0.1) is 22.1 Å². The Hall–Kier alpha value is -12.3. The van der Waals surface area contributed by atoms with Gasteiger partial charge in [-0.2, -0.15) is 0 Å². The molecule has 8 heteroatoms. The first-order valence-electron chi connectivity index (χ1n) is 32.2. The van der Waals surface area contributed by atoms with Gasteiger partial charge in [0, 0.05) is 107 Å². The standard InChI is InChI=1S/C87H62F2N6/c1-87(2)81-57-73(92(67-43-39-65(40-44-67)90(61-19-7-3-8-20-61)62-21-9-4-10-22-62)71-49-53-85-79(55-71)77-27-15-17-29-83(77)94(85)69-35-31-59(88)32-36-69)47-51-75(81)76-52-48-74(58-82(76)87)93(68-45-41-66(42-46-68)91(63-23-11-5-12-24-63)64-25-13-6-14-26-64)72-50-54-86-80(56-72)78-28-16-18-30-84(78)95(86)70-37-33-60(89)34-38-70/h3-58H,1-2H3. The van der Waals surface area contributed by atoms with E-state index in [0.29, 0.717) is 0 Å². The molecule has 1 aliphatic rings. The van der Waals surface area contributed by atoms with Gasteiger partial charge in [-0.3, -0.25) is 0 Å². The Morgan fingerprint density at radius 1 is 0.232 bits per heavy atom. The van der Waals surface area contributed by atoms with Gasteiger partial charge in [-0.1, -0.05) is 135 Å². The summed E-state index contributed by atoms with van der Waals surface area (Å²) in [5.41, 5.74) is 22.7. The van der Waals surface area contributed by atoms with Crippen LogP contribution in [0, 0.1) is 11.6 Å². The van der Waals surface area contributed by atoms with Gasteiger partial charge in [-0.05, 0) is 241 Å². The van der Waals surface area contributed by atoms with Crippen LogP contribution in [0.5, 0.6) is 0 Å². The van der Waals surface area contributed by atoms with Gasteiger partial charge in [-0.15, -0.1) is 0 Å². The highest BCUT2D eigenvalue weighted by Gasteiger charge is 2.37. The lowest BCUT2D eigenvalue weighted by Crippen LogP contribution is -2.18. The zero-order valence-electron chi connectivity index (χ0n) is 52.3. The summed E-state index contributed by atoms with van der Waals surface area (Å²) in [4.78, 5) is 9.36. The molecular weight excluding hydrogens is 1170 g/mol. The Balaban J connectivity index is 0.802. The molecule has 17 rings (SSSR count). The Kier molecular flexibility index (Phi) is 13.8. The van der Waals surface area contributed by atoms with Crippen molar-refractivity contribution in [1.82, 2.24) is 9.13 Å². The van der Waals surface area contributed by atoms with Crippen LogP contribution in [0.1, 0.15) is 25.0 Å². The highest BCUT2D eigenvalue weighted by atomic mass is 19.1. The van der Waals surface area contributed by atoms with E-state index >= 15 is 0 Å². The highest BCUT2D eigenvalue weighted by Crippen LogP contribution is 2.54. The van der Waals surface area contributed by atoms with Gasteiger partial charge < -0.3 is 28.7 Å². The molecule has 16 aromatic rings. The van der Waals surface area contributed by atoms with Gasteiger partial charge >= 0.3 is 0 Å². The molecule has 0 unspecified atom stereocenters. The first-order valence-corrected chi connectivity index (χ1v) is 32.2. The molecule has 1 aliphatic carbocycles. The number of fused-ring (bicyclic) bond motifs is 9. The molecule has 0 saturated heterocycles. The van der Waals surface area contributed by atoms with E-state index in [1.807, 2.05) is 24.3 Å². The number of anilines is 12. The number of aromatic nitrogens is 2. The molecule has 0 radical (unpaired) electrons. The Morgan fingerprint density at radius 3 is 0.821 bits per heavy atom. The van der Waals surface area contributed by atoms with Crippen molar-refractivity contribution in [2.45, 2.75) is 19.3 Å². The Labute approximate surface area is 550 Å². The van der Waals surface area contributed by atoms with Crippen LogP contribution in [0.2, 0.25) is 0 Å². The van der Waals surface area contributed by atoms with Crippen LogP contribution in [-0.4, -0.2) is 9.13 Å². The molecule has 95 heavy (non-hydrogen) atoms. The van der Waals surface area contributed by atoms with Crippen molar-refractivity contribution >= 4 is 112 Å². The lowest BCUT2D eigenvalue weighted by atomic mass is 9.82. The number of hydrogen-bond donors (Lipinski definition) is 0. The van der Waals surface area contributed by atoms with Gasteiger partial charge in [0.15, 0.2) is 0 Å². The summed E-state index contributed by atoms with van der Waals surface area (Å²) in [7, 11) is 0. The molecule has 0 bridgehead atoms. The molecule has 0 amide bonds. The summed E-state index contributed by atoms with van der Waals surface area (Å²) in [6.07, 6.45) is 0. The molecule has 0 atom stereocenters. The molecule has 2 aromatic heterocycles. The summed E-state index contributed by atoms with van der Waals surface area (Å²) in [6, 6.07) is 118. The summed E-state index contributed by atoms with van der Waals surface area (Å²) in [5.74, 6) is -0.540. The molecule has 2 heterocycles. The Bertz CT molecular complexity index is 5090. The Morgan fingerprint density at radius 2 is 0.484 bits per heavy atom. The quantitative estimate of drug-likeness (QED) is 0.108.